The number of benzene rings is 1. The molecule has 0 radical (unpaired) electrons. The van der Waals surface area contributed by atoms with Crippen LogP contribution in [0.5, 0.6) is 0 Å². The second kappa shape index (κ2) is 4.53. The van der Waals surface area contributed by atoms with Gasteiger partial charge in [-0.2, -0.15) is 0 Å². The largest absolute Gasteiger partial charge is 0.310 e. The fourth-order valence-corrected chi connectivity index (χ4v) is 1.92. The lowest BCUT2D eigenvalue weighted by molar-refractivity contribution is 0.424. The average molecular weight is 247 g/mol. The highest BCUT2D eigenvalue weighted by Gasteiger charge is 2.23. The first kappa shape index (κ1) is 12.8. The van der Waals surface area contributed by atoms with E-state index < -0.39 is 0 Å². The number of hydrogen-bond acceptors (Lipinski definition) is 2. The molecule has 0 unspecified atom stereocenters. The normalized spacial score (nSPS) is 11.8. The first-order valence-electron chi connectivity index (χ1n) is 5.94. The van der Waals surface area contributed by atoms with Gasteiger partial charge in [-0.05, 0) is 45.5 Å². The Bertz CT molecular complexity index is 558. The maximum absolute atomic E-state index is 13.4. The number of rotatable bonds is 3. The Morgan fingerprint density at radius 3 is 2.72 bits per heavy atom. The molecule has 0 spiro atoms. The highest BCUT2D eigenvalue weighted by Crippen LogP contribution is 2.24. The standard InChI is InChI=1S/C14H18FN3/c1-10-5-6-11(15)7-12(10)18-9-17-8-13(18)14(2,3)16-4/h5-9,16H,1-4H3. The van der Waals surface area contributed by atoms with Crippen molar-refractivity contribution in [3.63, 3.8) is 0 Å². The second-order valence-corrected chi connectivity index (χ2v) is 4.95. The van der Waals surface area contributed by atoms with Crippen LogP contribution in [0.15, 0.2) is 30.7 Å². The smallest absolute Gasteiger partial charge is 0.125 e. The van der Waals surface area contributed by atoms with Crippen molar-refractivity contribution < 1.29 is 4.39 Å². The molecule has 0 amide bonds. The molecule has 0 aliphatic rings. The van der Waals surface area contributed by atoms with Crippen LogP contribution >= 0.6 is 0 Å². The van der Waals surface area contributed by atoms with E-state index in [-0.39, 0.29) is 11.4 Å². The van der Waals surface area contributed by atoms with E-state index in [1.165, 1.54) is 12.1 Å². The van der Waals surface area contributed by atoms with Crippen LogP contribution in [0.2, 0.25) is 0 Å². The summed E-state index contributed by atoms with van der Waals surface area (Å²) in [5, 5.41) is 3.23. The first-order valence-corrected chi connectivity index (χ1v) is 5.94. The molecule has 4 heteroatoms. The minimum atomic E-state index is -0.238. The van der Waals surface area contributed by atoms with E-state index in [0.29, 0.717) is 0 Å². The third kappa shape index (κ3) is 2.16. The molecule has 0 fully saturated rings. The molecule has 0 aliphatic carbocycles. The highest BCUT2D eigenvalue weighted by atomic mass is 19.1. The fourth-order valence-electron chi connectivity index (χ4n) is 1.92. The van der Waals surface area contributed by atoms with Gasteiger partial charge in [0.1, 0.15) is 5.82 Å². The molecule has 0 atom stereocenters. The lowest BCUT2D eigenvalue weighted by Crippen LogP contribution is -2.35. The Hall–Kier alpha value is -1.68. The zero-order chi connectivity index (χ0) is 13.3. The minimum Gasteiger partial charge on any atom is -0.310 e. The molecule has 0 saturated heterocycles. The van der Waals surface area contributed by atoms with E-state index in [9.17, 15) is 4.39 Å². The van der Waals surface area contributed by atoms with Gasteiger partial charge in [0.05, 0.1) is 29.4 Å². The highest BCUT2D eigenvalue weighted by molar-refractivity contribution is 5.42. The summed E-state index contributed by atoms with van der Waals surface area (Å²) in [6.07, 6.45) is 3.52. The minimum absolute atomic E-state index is 0.227. The Morgan fingerprint density at radius 1 is 1.33 bits per heavy atom. The number of nitrogens with zero attached hydrogens (tertiary/aromatic N) is 2. The van der Waals surface area contributed by atoms with Gasteiger partial charge in [-0.25, -0.2) is 9.37 Å². The molecule has 1 aromatic heterocycles. The van der Waals surface area contributed by atoms with Crippen LogP contribution in [0.3, 0.4) is 0 Å². The molecule has 18 heavy (non-hydrogen) atoms. The molecule has 96 valence electrons. The Morgan fingerprint density at radius 2 is 2.06 bits per heavy atom. The Balaban J connectivity index is 2.59. The Labute approximate surface area is 107 Å². The van der Waals surface area contributed by atoms with Crippen molar-refractivity contribution in [1.82, 2.24) is 14.9 Å². The van der Waals surface area contributed by atoms with Crippen LogP contribution in [0, 0.1) is 12.7 Å². The zero-order valence-corrected chi connectivity index (χ0v) is 11.2. The number of hydrogen-bond donors (Lipinski definition) is 1. The number of aromatic nitrogens is 2. The van der Waals surface area contributed by atoms with Gasteiger partial charge in [-0.15, -0.1) is 0 Å². The van der Waals surface area contributed by atoms with Gasteiger partial charge in [0.2, 0.25) is 0 Å². The maximum atomic E-state index is 13.4. The quantitative estimate of drug-likeness (QED) is 0.903. The number of nitrogens with one attached hydrogen (secondary N) is 1. The third-order valence-corrected chi connectivity index (χ3v) is 3.33. The summed E-state index contributed by atoms with van der Waals surface area (Å²) < 4.78 is 15.3. The van der Waals surface area contributed by atoms with Crippen molar-refractivity contribution in [3.8, 4) is 5.69 Å². The summed E-state index contributed by atoms with van der Waals surface area (Å²) in [5.74, 6) is -0.238. The topological polar surface area (TPSA) is 29.9 Å². The molecule has 3 nitrogen and oxygen atoms in total. The van der Waals surface area contributed by atoms with Crippen molar-refractivity contribution in [2.75, 3.05) is 7.05 Å². The van der Waals surface area contributed by atoms with Crippen molar-refractivity contribution in [2.45, 2.75) is 26.3 Å². The summed E-state index contributed by atoms with van der Waals surface area (Å²) in [6, 6.07) is 4.78. The van der Waals surface area contributed by atoms with Gasteiger partial charge in [0.25, 0.3) is 0 Å². The average Bonchev–Trinajstić information content (AvgIpc) is 2.82. The molecular weight excluding hydrogens is 229 g/mol. The van der Waals surface area contributed by atoms with Crippen molar-refractivity contribution in [2.24, 2.45) is 0 Å². The van der Waals surface area contributed by atoms with Gasteiger partial charge < -0.3 is 9.88 Å². The van der Waals surface area contributed by atoms with Gasteiger partial charge in [-0.1, -0.05) is 6.07 Å². The molecule has 2 aromatic rings. The van der Waals surface area contributed by atoms with E-state index in [0.717, 1.165) is 16.9 Å². The SMILES string of the molecule is CNC(C)(C)c1cncn1-c1cc(F)ccc1C. The van der Waals surface area contributed by atoms with Crippen molar-refractivity contribution in [1.29, 1.82) is 0 Å². The van der Waals surface area contributed by atoms with Crippen molar-refractivity contribution >= 4 is 0 Å². The fraction of sp³-hybridized carbons (Fsp3) is 0.357. The van der Waals surface area contributed by atoms with Gasteiger partial charge in [0.15, 0.2) is 0 Å². The van der Waals surface area contributed by atoms with E-state index in [2.05, 4.69) is 24.1 Å². The molecule has 0 bridgehead atoms. The van der Waals surface area contributed by atoms with Crippen LogP contribution in [0.25, 0.3) is 5.69 Å². The summed E-state index contributed by atoms with van der Waals surface area (Å²) in [4.78, 5) is 4.18. The number of imidazole rings is 1. The predicted molar refractivity (Wildman–Crippen MR) is 70.3 cm³/mol. The molecule has 0 aliphatic heterocycles. The molecule has 1 N–H and O–H groups in total. The van der Waals surface area contributed by atoms with E-state index in [1.807, 2.05) is 18.5 Å². The lowest BCUT2D eigenvalue weighted by Gasteiger charge is -2.26. The van der Waals surface area contributed by atoms with Crippen LogP contribution in [-0.2, 0) is 5.54 Å². The van der Waals surface area contributed by atoms with E-state index in [1.54, 1.807) is 18.6 Å². The third-order valence-electron chi connectivity index (χ3n) is 3.33. The zero-order valence-electron chi connectivity index (χ0n) is 11.2. The lowest BCUT2D eigenvalue weighted by atomic mass is 10.0. The molecule has 1 aromatic carbocycles. The summed E-state index contributed by atoms with van der Waals surface area (Å²) >= 11 is 0. The maximum Gasteiger partial charge on any atom is 0.125 e. The van der Waals surface area contributed by atoms with E-state index >= 15 is 0 Å². The summed E-state index contributed by atoms with van der Waals surface area (Å²) in [5.41, 5.74) is 2.61. The molecular formula is C14H18FN3. The molecule has 0 saturated carbocycles. The van der Waals surface area contributed by atoms with Gasteiger partial charge in [-0.3, -0.25) is 0 Å². The number of halogens is 1. The van der Waals surface area contributed by atoms with Gasteiger partial charge >= 0.3 is 0 Å². The monoisotopic (exact) mass is 247 g/mol. The summed E-state index contributed by atoms with van der Waals surface area (Å²) in [6.45, 7) is 6.09. The van der Waals surface area contributed by atoms with Crippen LogP contribution in [-0.4, -0.2) is 16.6 Å². The summed E-state index contributed by atoms with van der Waals surface area (Å²) in [7, 11) is 1.90. The molecule has 1 heterocycles. The van der Waals surface area contributed by atoms with Crippen LogP contribution in [0.4, 0.5) is 4.39 Å². The number of aryl methyl sites for hydroxylation is 1. The van der Waals surface area contributed by atoms with Gasteiger partial charge in [0, 0.05) is 0 Å². The Kier molecular flexibility index (Phi) is 3.22. The van der Waals surface area contributed by atoms with Crippen LogP contribution in [0.1, 0.15) is 25.1 Å². The van der Waals surface area contributed by atoms with E-state index in [4.69, 9.17) is 0 Å². The predicted octanol–water partition coefficient (Wildman–Crippen LogP) is 2.77. The second-order valence-electron chi connectivity index (χ2n) is 4.95. The van der Waals surface area contributed by atoms with Crippen LogP contribution < -0.4 is 5.32 Å². The molecule has 2 rings (SSSR count). The first-order chi connectivity index (χ1) is 8.45. The van der Waals surface area contributed by atoms with Crippen molar-refractivity contribution in [3.05, 3.63) is 47.8 Å².